The number of aryl methyl sites for hydroxylation is 2. The molecule has 1 N–H and O–H groups in total. The van der Waals surface area contributed by atoms with Gasteiger partial charge in [-0.15, -0.1) is 0 Å². The van der Waals surface area contributed by atoms with Crippen LogP contribution in [0.3, 0.4) is 0 Å². The van der Waals surface area contributed by atoms with Crippen molar-refractivity contribution in [3.8, 4) is 5.75 Å². The maximum Gasteiger partial charge on any atom is 0.339 e. The van der Waals surface area contributed by atoms with Crippen LogP contribution in [0.1, 0.15) is 27.8 Å². The standard InChI is InChI=1S/C22H22FNO3/c1-13-14(2)22(25)27-21-15(3)20-17(10-18(13)21)11-24(12-26-20)9-8-16-6-4-5-7-19(16)23/h4-7,10H,8-9,11-12H2,1-3H3/p+1. The van der Waals surface area contributed by atoms with Crippen molar-refractivity contribution >= 4 is 11.0 Å². The summed E-state index contributed by atoms with van der Waals surface area (Å²) in [4.78, 5) is 13.3. The van der Waals surface area contributed by atoms with Gasteiger partial charge in [0.1, 0.15) is 23.7 Å². The lowest BCUT2D eigenvalue weighted by molar-refractivity contribution is -0.932. The summed E-state index contributed by atoms with van der Waals surface area (Å²) in [5.41, 5.74) is 4.61. The molecule has 2 aromatic carbocycles. The number of quaternary nitrogens is 1. The van der Waals surface area contributed by atoms with Crippen LogP contribution in [0.15, 0.2) is 39.5 Å². The molecule has 0 saturated heterocycles. The summed E-state index contributed by atoms with van der Waals surface area (Å²) in [7, 11) is 0. The van der Waals surface area contributed by atoms with Gasteiger partial charge < -0.3 is 9.15 Å². The van der Waals surface area contributed by atoms with E-state index in [9.17, 15) is 9.18 Å². The van der Waals surface area contributed by atoms with Crippen LogP contribution < -0.4 is 15.3 Å². The van der Waals surface area contributed by atoms with Gasteiger partial charge in [-0.25, -0.2) is 9.18 Å². The van der Waals surface area contributed by atoms with Crippen LogP contribution in [0, 0.1) is 26.6 Å². The number of hydrogen-bond donors (Lipinski definition) is 1. The molecule has 2 heterocycles. The first kappa shape index (κ1) is 17.7. The second-order valence-corrected chi connectivity index (χ2v) is 7.31. The minimum atomic E-state index is -0.295. The largest absolute Gasteiger partial charge is 0.444 e. The zero-order chi connectivity index (χ0) is 19.1. The minimum Gasteiger partial charge on any atom is -0.444 e. The number of ether oxygens (including phenoxy) is 1. The molecule has 0 fully saturated rings. The number of hydrogen-bond acceptors (Lipinski definition) is 3. The van der Waals surface area contributed by atoms with Crippen molar-refractivity contribution in [1.29, 1.82) is 0 Å². The smallest absolute Gasteiger partial charge is 0.339 e. The molecule has 1 aliphatic rings. The van der Waals surface area contributed by atoms with Gasteiger partial charge in [0.15, 0.2) is 0 Å². The van der Waals surface area contributed by atoms with E-state index in [1.54, 1.807) is 13.0 Å². The molecule has 1 aliphatic heterocycles. The van der Waals surface area contributed by atoms with E-state index in [0.29, 0.717) is 24.3 Å². The van der Waals surface area contributed by atoms with E-state index in [2.05, 4.69) is 6.07 Å². The molecular formula is C22H23FNO3+. The second kappa shape index (κ2) is 6.82. The van der Waals surface area contributed by atoms with Crippen molar-refractivity contribution in [2.45, 2.75) is 33.7 Å². The van der Waals surface area contributed by atoms with Gasteiger partial charge in [0.25, 0.3) is 0 Å². The summed E-state index contributed by atoms with van der Waals surface area (Å²) in [6.45, 7) is 7.79. The van der Waals surface area contributed by atoms with Gasteiger partial charge >= 0.3 is 5.63 Å². The summed E-state index contributed by atoms with van der Waals surface area (Å²) in [5, 5.41) is 0.960. The summed E-state index contributed by atoms with van der Waals surface area (Å²) in [6, 6.07) is 8.98. The Kier molecular flexibility index (Phi) is 4.48. The van der Waals surface area contributed by atoms with Crippen LogP contribution >= 0.6 is 0 Å². The predicted molar refractivity (Wildman–Crippen MR) is 102 cm³/mol. The van der Waals surface area contributed by atoms with E-state index in [4.69, 9.17) is 9.15 Å². The molecule has 4 nitrogen and oxygen atoms in total. The van der Waals surface area contributed by atoms with Crippen molar-refractivity contribution < 1.29 is 18.4 Å². The maximum atomic E-state index is 13.8. The summed E-state index contributed by atoms with van der Waals surface area (Å²) in [6.07, 6.45) is 0.667. The summed E-state index contributed by atoms with van der Waals surface area (Å²) in [5.74, 6) is 0.654. The van der Waals surface area contributed by atoms with Crippen LogP contribution in [0.5, 0.6) is 5.75 Å². The third-order valence-electron chi connectivity index (χ3n) is 5.57. The van der Waals surface area contributed by atoms with E-state index in [1.807, 2.05) is 26.0 Å². The Morgan fingerprint density at radius 2 is 1.89 bits per heavy atom. The average molecular weight is 368 g/mol. The fraction of sp³-hybridized carbons (Fsp3) is 0.318. The first-order chi connectivity index (χ1) is 13.0. The van der Waals surface area contributed by atoms with Gasteiger partial charge in [-0.1, -0.05) is 18.2 Å². The molecule has 0 bridgehead atoms. The molecule has 3 aromatic rings. The van der Waals surface area contributed by atoms with Crippen molar-refractivity contribution in [1.82, 2.24) is 0 Å². The van der Waals surface area contributed by atoms with Gasteiger partial charge in [-0.3, -0.25) is 4.90 Å². The monoisotopic (exact) mass is 368 g/mol. The number of fused-ring (bicyclic) bond motifs is 2. The van der Waals surface area contributed by atoms with Gasteiger partial charge in [-0.05, 0) is 44.0 Å². The van der Waals surface area contributed by atoms with Crippen molar-refractivity contribution in [2.24, 2.45) is 0 Å². The molecule has 0 spiro atoms. The lowest BCUT2D eigenvalue weighted by Crippen LogP contribution is -3.12. The Hall–Kier alpha value is -2.66. The van der Waals surface area contributed by atoms with E-state index >= 15 is 0 Å². The molecule has 0 radical (unpaired) electrons. The highest BCUT2D eigenvalue weighted by atomic mass is 19.1. The second-order valence-electron chi connectivity index (χ2n) is 7.31. The van der Waals surface area contributed by atoms with E-state index < -0.39 is 0 Å². The Balaban J connectivity index is 1.63. The molecule has 5 heteroatoms. The van der Waals surface area contributed by atoms with E-state index in [0.717, 1.165) is 46.5 Å². The zero-order valence-electron chi connectivity index (χ0n) is 15.8. The van der Waals surface area contributed by atoms with E-state index in [1.165, 1.54) is 11.0 Å². The normalized spacial score (nSPS) is 16.2. The maximum absolute atomic E-state index is 13.8. The van der Waals surface area contributed by atoms with Crippen LogP contribution in [-0.2, 0) is 13.0 Å². The number of rotatable bonds is 3. The van der Waals surface area contributed by atoms with Gasteiger partial charge in [0.05, 0.1) is 6.54 Å². The Bertz CT molecular complexity index is 1090. The molecule has 0 aliphatic carbocycles. The van der Waals surface area contributed by atoms with E-state index in [-0.39, 0.29) is 11.4 Å². The summed E-state index contributed by atoms with van der Waals surface area (Å²) < 4.78 is 25.4. The first-order valence-corrected chi connectivity index (χ1v) is 9.22. The Labute approximate surface area is 157 Å². The minimum absolute atomic E-state index is 0.154. The number of nitrogens with one attached hydrogen (secondary N) is 1. The van der Waals surface area contributed by atoms with Crippen LogP contribution in [0.2, 0.25) is 0 Å². The van der Waals surface area contributed by atoms with Crippen molar-refractivity contribution in [2.75, 3.05) is 13.3 Å². The highest BCUT2D eigenvalue weighted by Crippen LogP contribution is 2.33. The van der Waals surface area contributed by atoms with Gasteiger partial charge in [0, 0.05) is 28.5 Å². The van der Waals surface area contributed by atoms with Crippen LogP contribution in [0.25, 0.3) is 11.0 Å². The van der Waals surface area contributed by atoms with Crippen LogP contribution in [0.4, 0.5) is 4.39 Å². The fourth-order valence-electron chi connectivity index (χ4n) is 3.79. The summed E-state index contributed by atoms with van der Waals surface area (Å²) >= 11 is 0. The molecule has 0 saturated carbocycles. The Morgan fingerprint density at radius 3 is 2.67 bits per heavy atom. The highest BCUT2D eigenvalue weighted by molar-refractivity contribution is 5.86. The topological polar surface area (TPSA) is 43.9 Å². The van der Waals surface area contributed by atoms with Crippen molar-refractivity contribution in [3.63, 3.8) is 0 Å². The molecule has 1 aromatic heterocycles. The first-order valence-electron chi connectivity index (χ1n) is 9.22. The van der Waals surface area contributed by atoms with Gasteiger partial charge in [-0.2, -0.15) is 0 Å². The molecule has 1 unspecified atom stereocenters. The quantitative estimate of drug-likeness (QED) is 0.723. The van der Waals surface area contributed by atoms with Crippen molar-refractivity contribution in [3.05, 3.63) is 74.4 Å². The fourth-order valence-corrected chi connectivity index (χ4v) is 3.79. The third-order valence-corrected chi connectivity index (χ3v) is 5.57. The Morgan fingerprint density at radius 1 is 1.11 bits per heavy atom. The predicted octanol–water partition coefficient (Wildman–Crippen LogP) is 2.83. The molecule has 140 valence electrons. The molecule has 1 atom stereocenters. The third kappa shape index (κ3) is 3.12. The lowest BCUT2D eigenvalue weighted by Gasteiger charge is -2.28. The molecule has 27 heavy (non-hydrogen) atoms. The van der Waals surface area contributed by atoms with Crippen LogP contribution in [-0.4, -0.2) is 13.3 Å². The average Bonchev–Trinajstić information content (AvgIpc) is 2.67. The zero-order valence-corrected chi connectivity index (χ0v) is 15.8. The molecule has 4 rings (SSSR count). The lowest BCUT2D eigenvalue weighted by atomic mass is 9.99. The molecule has 0 amide bonds. The molecular weight excluding hydrogens is 345 g/mol. The van der Waals surface area contributed by atoms with Gasteiger partial charge in [0.2, 0.25) is 6.73 Å². The highest BCUT2D eigenvalue weighted by Gasteiger charge is 2.25. The SMILES string of the molecule is Cc1c(C)c2cc3c(c(C)c2oc1=O)OC[NH+](CCc1ccccc1F)C3. The number of benzene rings is 2. The number of halogens is 1.